The second kappa shape index (κ2) is 12.9. The van der Waals surface area contributed by atoms with Crippen molar-refractivity contribution in [3.63, 3.8) is 0 Å². The lowest BCUT2D eigenvalue weighted by atomic mass is 9.90. The minimum absolute atomic E-state index is 0.697. The average Bonchev–Trinajstić information content (AvgIpc) is 3.65. The Morgan fingerprint density at radius 2 is 0.945 bits per heavy atom. The van der Waals surface area contributed by atoms with Gasteiger partial charge in [-0.05, 0) is 78.8 Å². The summed E-state index contributed by atoms with van der Waals surface area (Å²) in [5, 5.41) is 9.78. The predicted octanol–water partition coefficient (Wildman–Crippen LogP) is 14.6. The molecule has 2 nitrogen and oxygen atoms in total. The van der Waals surface area contributed by atoms with Crippen LogP contribution in [-0.2, 0) is 0 Å². The van der Waals surface area contributed by atoms with Crippen molar-refractivity contribution in [1.82, 2.24) is 9.97 Å². The zero-order chi connectivity index (χ0) is 36.3. The molecule has 0 saturated heterocycles. The van der Waals surface area contributed by atoms with Gasteiger partial charge in [-0.2, -0.15) is 0 Å². The smallest absolute Gasteiger partial charge is 0.160 e. The van der Waals surface area contributed by atoms with Crippen molar-refractivity contribution in [2.75, 3.05) is 0 Å². The highest BCUT2D eigenvalue weighted by atomic mass is 32.1. The van der Waals surface area contributed by atoms with E-state index in [0.717, 1.165) is 39.2 Å². The maximum absolute atomic E-state index is 5.46. The van der Waals surface area contributed by atoms with E-state index in [1.807, 2.05) is 11.3 Å². The van der Waals surface area contributed by atoms with Crippen molar-refractivity contribution in [3.8, 4) is 56.2 Å². The first kappa shape index (κ1) is 31.6. The number of rotatable bonds is 5. The monoisotopic (exact) mass is 716 g/mol. The third-order valence-electron chi connectivity index (χ3n) is 10.9. The first-order valence-electron chi connectivity index (χ1n) is 18.7. The first-order valence-corrected chi connectivity index (χ1v) is 19.5. The molecule has 0 atom stereocenters. The average molecular weight is 717 g/mol. The molecule has 0 N–H and O–H groups in total. The second-order valence-electron chi connectivity index (χ2n) is 14.1. The number of thiophene rings is 1. The lowest BCUT2D eigenvalue weighted by Gasteiger charge is -2.17. The number of nitrogens with zero attached hydrogens (tertiary/aromatic N) is 2. The molecule has 0 amide bonds. The van der Waals surface area contributed by atoms with Crippen molar-refractivity contribution in [3.05, 3.63) is 194 Å². The summed E-state index contributed by atoms with van der Waals surface area (Å²) >= 11 is 1.85. The molecule has 11 rings (SSSR count). The molecular weight excluding hydrogens is 685 g/mol. The number of fused-ring (bicyclic) bond motifs is 7. The van der Waals surface area contributed by atoms with Crippen LogP contribution in [0.4, 0.5) is 0 Å². The Kier molecular flexibility index (Phi) is 7.39. The van der Waals surface area contributed by atoms with Crippen molar-refractivity contribution in [2.24, 2.45) is 0 Å². The lowest BCUT2D eigenvalue weighted by Crippen LogP contribution is -1.98. The maximum atomic E-state index is 5.46. The van der Waals surface area contributed by atoms with Gasteiger partial charge in [0.05, 0.1) is 11.4 Å². The van der Waals surface area contributed by atoms with Gasteiger partial charge in [0.15, 0.2) is 5.82 Å². The van der Waals surface area contributed by atoms with Gasteiger partial charge in [0.2, 0.25) is 0 Å². The zero-order valence-electron chi connectivity index (χ0n) is 29.8. The Morgan fingerprint density at radius 1 is 0.327 bits per heavy atom. The molecule has 0 unspecified atom stereocenters. The molecule has 0 spiro atoms. The summed E-state index contributed by atoms with van der Waals surface area (Å²) in [4.78, 5) is 10.9. The Labute approximate surface area is 322 Å². The van der Waals surface area contributed by atoms with Crippen molar-refractivity contribution < 1.29 is 0 Å². The lowest BCUT2D eigenvalue weighted by molar-refractivity contribution is 1.19. The van der Waals surface area contributed by atoms with Crippen LogP contribution in [0.1, 0.15) is 0 Å². The number of hydrogen-bond donors (Lipinski definition) is 0. The van der Waals surface area contributed by atoms with Crippen LogP contribution in [-0.4, -0.2) is 9.97 Å². The van der Waals surface area contributed by atoms with E-state index in [9.17, 15) is 0 Å². The summed E-state index contributed by atoms with van der Waals surface area (Å²) in [5.74, 6) is 0.697. The molecule has 0 bridgehead atoms. The molecule has 256 valence electrons. The quantitative estimate of drug-likeness (QED) is 0.131. The Balaban J connectivity index is 1.19. The van der Waals surface area contributed by atoms with Gasteiger partial charge in [-0.25, -0.2) is 9.97 Å². The Bertz CT molecular complexity index is 3250. The van der Waals surface area contributed by atoms with Gasteiger partial charge < -0.3 is 0 Å². The molecule has 0 fully saturated rings. The summed E-state index contributed by atoms with van der Waals surface area (Å²) in [6.45, 7) is 0. The van der Waals surface area contributed by atoms with E-state index in [4.69, 9.17) is 9.97 Å². The van der Waals surface area contributed by atoms with Crippen LogP contribution in [0, 0.1) is 0 Å². The van der Waals surface area contributed by atoms with Gasteiger partial charge in [-0.1, -0.05) is 170 Å². The number of aromatic nitrogens is 2. The molecule has 9 aromatic carbocycles. The highest BCUT2D eigenvalue weighted by Crippen LogP contribution is 2.44. The van der Waals surface area contributed by atoms with E-state index in [1.165, 1.54) is 63.6 Å². The molecule has 55 heavy (non-hydrogen) atoms. The Hall–Kier alpha value is -6.94. The van der Waals surface area contributed by atoms with E-state index in [-0.39, 0.29) is 0 Å². The highest BCUT2D eigenvalue weighted by Gasteiger charge is 2.20. The molecule has 0 aliphatic carbocycles. The minimum atomic E-state index is 0.697. The van der Waals surface area contributed by atoms with E-state index < -0.39 is 0 Å². The van der Waals surface area contributed by atoms with E-state index in [1.54, 1.807) is 0 Å². The second-order valence-corrected chi connectivity index (χ2v) is 15.2. The normalized spacial score (nSPS) is 11.6. The van der Waals surface area contributed by atoms with Crippen LogP contribution in [0.3, 0.4) is 0 Å². The number of hydrogen-bond acceptors (Lipinski definition) is 3. The van der Waals surface area contributed by atoms with E-state index in [2.05, 4.69) is 194 Å². The van der Waals surface area contributed by atoms with E-state index in [0.29, 0.717) is 5.82 Å². The van der Waals surface area contributed by atoms with Crippen LogP contribution in [0.15, 0.2) is 194 Å². The first-order chi connectivity index (χ1) is 27.3. The molecule has 11 aromatic rings. The SMILES string of the molecule is c1ccc(-c2ccc(-c3nc(-c4ccccc4-c4cccc5sc6ccccc6c45)cc(-c4c5ccccc5cc5c4ccc4ccccc45)n3)cc2)cc1. The molecule has 3 heteroatoms. The fourth-order valence-electron chi connectivity index (χ4n) is 8.32. The fourth-order valence-corrected chi connectivity index (χ4v) is 9.45. The predicted molar refractivity (Wildman–Crippen MR) is 235 cm³/mol. The zero-order valence-corrected chi connectivity index (χ0v) is 30.6. The molecule has 0 aliphatic rings. The molecule has 0 radical (unpaired) electrons. The molecule has 0 saturated carbocycles. The van der Waals surface area contributed by atoms with Crippen LogP contribution >= 0.6 is 11.3 Å². The summed E-state index contributed by atoms with van der Waals surface area (Å²) in [6.07, 6.45) is 0. The Morgan fingerprint density at radius 3 is 1.80 bits per heavy atom. The highest BCUT2D eigenvalue weighted by molar-refractivity contribution is 7.25. The van der Waals surface area contributed by atoms with Crippen LogP contribution in [0.2, 0.25) is 0 Å². The molecular formula is C52H32N2S. The van der Waals surface area contributed by atoms with Gasteiger partial charge >= 0.3 is 0 Å². The molecule has 0 aliphatic heterocycles. The van der Waals surface area contributed by atoms with Crippen LogP contribution in [0.25, 0.3) is 109 Å². The largest absolute Gasteiger partial charge is 0.228 e. The maximum Gasteiger partial charge on any atom is 0.160 e. The van der Waals surface area contributed by atoms with Crippen molar-refractivity contribution in [2.45, 2.75) is 0 Å². The van der Waals surface area contributed by atoms with E-state index >= 15 is 0 Å². The summed E-state index contributed by atoms with van der Waals surface area (Å²) < 4.78 is 2.58. The summed E-state index contributed by atoms with van der Waals surface area (Å²) in [5.41, 5.74) is 9.67. The minimum Gasteiger partial charge on any atom is -0.228 e. The van der Waals surface area contributed by atoms with Gasteiger partial charge in [-0.15, -0.1) is 11.3 Å². The van der Waals surface area contributed by atoms with Crippen molar-refractivity contribution in [1.29, 1.82) is 0 Å². The van der Waals surface area contributed by atoms with Gasteiger partial charge in [0.1, 0.15) is 0 Å². The third kappa shape index (κ3) is 5.32. The van der Waals surface area contributed by atoms with Gasteiger partial charge in [-0.3, -0.25) is 0 Å². The molecule has 2 aromatic heterocycles. The standard InChI is InChI=1S/C52H32N2S/c1-2-13-33(14-3-1)34-25-27-36(28-26-34)52-53-46(41-20-9-8-19-40(41)42-22-12-24-49-51(42)44-21-10-11-23-48(44)55-49)32-47(54-52)50-39-18-7-5-16-37(39)31-45-38-17-6-4-15-35(38)29-30-43(45)50/h1-32H. The molecule has 2 heterocycles. The van der Waals surface area contributed by atoms with Crippen LogP contribution < -0.4 is 0 Å². The third-order valence-corrected chi connectivity index (χ3v) is 12.0. The topological polar surface area (TPSA) is 25.8 Å². The van der Waals surface area contributed by atoms with Crippen LogP contribution in [0.5, 0.6) is 0 Å². The number of benzene rings is 9. The fraction of sp³-hybridized carbons (Fsp3) is 0. The van der Waals surface area contributed by atoms with Gasteiger partial charge in [0, 0.05) is 36.9 Å². The summed E-state index contributed by atoms with van der Waals surface area (Å²) in [7, 11) is 0. The van der Waals surface area contributed by atoms with Gasteiger partial charge in [0.25, 0.3) is 0 Å². The summed E-state index contributed by atoms with van der Waals surface area (Å²) in [6, 6.07) is 69.7. The van der Waals surface area contributed by atoms with Crippen molar-refractivity contribution >= 4 is 63.8 Å².